The summed E-state index contributed by atoms with van der Waals surface area (Å²) in [5.74, 6) is -4.46. The molecule has 3 N–H and O–H groups in total. The Kier molecular flexibility index (Phi) is 5.03. The number of nitriles is 1. The number of fused-ring (bicyclic) bond motifs is 1. The van der Waals surface area contributed by atoms with Crippen LogP contribution in [-0.2, 0) is 0 Å². The first-order valence-electron chi connectivity index (χ1n) is 9.54. The van der Waals surface area contributed by atoms with Crippen molar-refractivity contribution >= 4 is 22.7 Å². The van der Waals surface area contributed by atoms with Crippen molar-refractivity contribution in [2.75, 3.05) is 0 Å². The van der Waals surface area contributed by atoms with Gasteiger partial charge in [-0.3, -0.25) is 9.59 Å². The predicted octanol–water partition coefficient (Wildman–Crippen LogP) is 4.33. The summed E-state index contributed by atoms with van der Waals surface area (Å²) in [5, 5.41) is 9.64. The number of H-pyrrole nitrogens is 1. The highest BCUT2D eigenvalue weighted by Gasteiger charge is 2.26. The number of halogens is 2. The molecule has 2 aromatic heterocycles. The number of nitrogens with two attached hydrogens (primary N) is 1. The van der Waals surface area contributed by atoms with E-state index in [0.717, 1.165) is 28.8 Å². The summed E-state index contributed by atoms with van der Waals surface area (Å²) in [7, 11) is 0. The number of nitrogens with zero attached hydrogens (tertiary/aromatic N) is 2. The molecule has 2 heterocycles. The second-order valence-electron chi connectivity index (χ2n) is 7.40. The van der Waals surface area contributed by atoms with Crippen molar-refractivity contribution in [3.63, 3.8) is 0 Å². The van der Waals surface area contributed by atoms with Crippen molar-refractivity contribution < 1.29 is 18.4 Å². The van der Waals surface area contributed by atoms with Gasteiger partial charge in [0, 0.05) is 28.9 Å². The molecule has 0 saturated heterocycles. The zero-order valence-corrected chi connectivity index (χ0v) is 17.1. The van der Waals surface area contributed by atoms with E-state index < -0.39 is 34.5 Å². The van der Waals surface area contributed by atoms with Crippen LogP contribution in [0.5, 0.6) is 0 Å². The van der Waals surface area contributed by atoms with Crippen LogP contribution in [0.3, 0.4) is 0 Å². The third-order valence-corrected chi connectivity index (χ3v) is 5.34. The number of carbonyl (C=O) groups is 2. The summed E-state index contributed by atoms with van der Waals surface area (Å²) in [6.45, 7) is 3.65. The highest BCUT2D eigenvalue weighted by molar-refractivity contribution is 6.17. The SMILES string of the molecule is Cc1cc(-c2cnc3[nH]cc(C(=O)c4c(F)ccc(C(N)=O)c4F)c3c2)cc(C)c1C#N. The minimum absolute atomic E-state index is 0.00383. The summed E-state index contributed by atoms with van der Waals surface area (Å²) in [5.41, 5.74) is 7.64. The van der Waals surface area contributed by atoms with Gasteiger partial charge in [0.2, 0.25) is 5.78 Å². The van der Waals surface area contributed by atoms with Gasteiger partial charge >= 0.3 is 0 Å². The molecule has 0 radical (unpaired) electrons. The molecule has 0 bridgehead atoms. The van der Waals surface area contributed by atoms with E-state index in [1.807, 2.05) is 26.0 Å². The molecule has 4 aromatic rings. The van der Waals surface area contributed by atoms with E-state index in [1.54, 1.807) is 12.3 Å². The van der Waals surface area contributed by atoms with E-state index >= 15 is 0 Å². The molecule has 0 unspecified atom stereocenters. The van der Waals surface area contributed by atoms with Gasteiger partial charge in [-0.05, 0) is 48.7 Å². The number of carbonyl (C=O) groups excluding carboxylic acids is 2. The van der Waals surface area contributed by atoms with Gasteiger partial charge < -0.3 is 10.7 Å². The average Bonchev–Trinajstić information content (AvgIpc) is 3.16. The van der Waals surface area contributed by atoms with E-state index in [0.29, 0.717) is 22.2 Å². The van der Waals surface area contributed by atoms with E-state index in [1.165, 1.54) is 6.20 Å². The molecule has 32 heavy (non-hydrogen) atoms. The normalized spacial score (nSPS) is 10.8. The number of hydrogen-bond donors (Lipinski definition) is 2. The lowest BCUT2D eigenvalue weighted by Crippen LogP contribution is -2.17. The Balaban J connectivity index is 1.87. The Morgan fingerprint density at radius 2 is 1.75 bits per heavy atom. The first-order chi connectivity index (χ1) is 15.2. The fraction of sp³-hybridized carbons (Fsp3) is 0.0833. The van der Waals surface area contributed by atoms with Crippen LogP contribution in [0, 0.1) is 36.8 Å². The number of amides is 1. The first kappa shape index (κ1) is 20.9. The molecule has 0 saturated carbocycles. The number of aromatic nitrogens is 2. The highest BCUT2D eigenvalue weighted by atomic mass is 19.1. The largest absolute Gasteiger partial charge is 0.366 e. The molecular formula is C24H16F2N4O2. The van der Waals surface area contributed by atoms with Crippen LogP contribution in [0.25, 0.3) is 22.2 Å². The van der Waals surface area contributed by atoms with Gasteiger partial charge in [-0.15, -0.1) is 0 Å². The molecule has 0 fully saturated rings. The number of rotatable bonds is 4. The number of aromatic amines is 1. The second kappa shape index (κ2) is 7.71. The number of ketones is 1. The van der Waals surface area contributed by atoms with Crippen LogP contribution in [-0.4, -0.2) is 21.7 Å². The molecule has 0 atom stereocenters. The first-order valence-corrected chi connectivity index (χ1v) is 9.54. The van der Waals surface area contributed by atoms with E-state index in [-0.39, 0.29) is 5.56 Å². The molecule has 4 rings (SSSR count). The summed E-state index contributed by atoms with van der Waals surface area (Å²) >= 11 is 0. The van der Waals surface area contributed by atoms with Gasteiger partial charge in [-0.25, -0.2) is 13.8 Å². The molecule has 2 aromatic carbocycles. The smallest absolute Gasteiger partial charge is 0.251 e. The average molecular weight is 430 g/mol. The zero-order chi connectivity index (χ0) is 23.2. The van der Waals surface area contributed by atoms with Crippen LogP contribution < -0.4 is 5.73 Å². The third kappa shape index (κ3) is 3.30. The van der Waals surface area contributed by atoms with E-state index in [4.69, 9.17) is 5.73 Å². The fourth-order valence-corrected chi connectivity index (χ4v) is 3.74. The van der Waals surface area contributed by atoms with Gasteiger partial charge in [0.1, 0.15) is 17.3 Å². The van der Waals surface area contributed by atoms with Crippen LogP contribution in [0.2, 0.25) is 0 Å². The lowest BCUT2D eigenvalue weighted by Gasteiger charge is -2.09. The monoisotopic (exact) mass is 430 g/mol. The van der Waals surface area contributed by atoms with Crippen LogP contribution >= 0.6 is 0 Å². The van der Waals surface area contributed by atoms with Gasteiger partial charge in [-0.1, -0.05) is 12.1 Å². The minimum atomic E-state index is -1.31. The Hall–Kier alpha value is -4.38. The Morgan fingerprint density at radius 1 is 1.06 bits per heavy atom. The number of primary amides is 1. The molecule has 6 nitrogen and oxygen atoms in total. The Morgan fingerprint density at radius 3 is 2.38 bits per heavy atom. The molecule has 0 aliphatic rings. The lowest BCUT2D eigenvalue weighted by molar-refractivity contribution is 0.0996. The summed E-state index contributed by atoms with van der Waals surface area (Å²) in [4.78, 5) is 31.6. The number of pyridine rings is 1. The van der Waals surface area contributed by atoms with E-state index in [2.05, 4.69) is 16.0 Å². The number of hydrogen-bond acceptors (Lipinski definition) is 4. The standard InChI is InChI=1S/C24H16F2N4O2/c1-11-5-13(6-12(2)17(11)8-27)14-7-16-18(10-30-24(16)29-9-14)22(31)20-19(25)4-3-15(21(20)26)23(28)32/h3-7,9-10H,1-2H3,(H2,28,32)(H,29,30). The molecule has 0 aliphatic heterocycles. The fourth-order valence-electron chi connectivity index (χ4n) is 3.74. The lowest BCUT2D eigenvalue weighted by atomic mass is 9.95. The number of nitrogens with one attached hydrogen (secondary N) is 1. The highest BCUT2D eigenvalue weighted by Crippen LogP contribution is 2.30. The van der Waals surface area contributed by atoms with Crippen LogP contribution in [0.4, 0.5) is 8.78 Å². The van der Waals surface area contributed by atoms with E-state index in [9.17, 15) is 23.6 Å². The van der Waals surface area contributed by atoms with Crippen molar-refractivity contribution in [3.05, 3.63) is 87.7 Å². The number of benzene rings is 2. The summed E-state index contributed by atoms with van der Waals surface area (Å²) < 4.78 is 29.1. The maximum Gasteiger partial charge on any atom is 0.251 e. The Labute approximate surface area is 181 Å². The van der Waals surface area contributed by atoms with Gasteiger partial charge in [-0.2, -0.15) is 5.26 Å². The van der Waals surface area contributed by atoms with Crippen molar-refractivity contribution in [1.82, 2.24) is 9.97 Å². The molecular weight excluding hydrogens is 414 g/mol. The molecule has 0 aliphatic carbocycles. The van der Waals surface area contributed by atoms with Crippen molar-refractivity contribution in [3.8, 4) is 17.2 Å². The predicted molar refractivity (Wildman–Crippen MR) is 114 cm³/mol. The second-order valence-corrected chi connectivity index (χ2v) is 7.40. The van der Waals surface area contributed by atoms with Gasteiger partial charge in [0.15, 0.2) is 0 Å². The quantitative estimate of drug-likeness (QED) is 0.469. The maximum atomic E-state index is 14.7. The zero-order valence-electron chi connectivity index (χ0n) is 17.1. The summed E-state index contributed by atoms with van der Waals surface area (Å²) in [6.07, 6.45) is 2.91. The maximum absolute atomic E-state index is 14.7. The molecule has 1 amide bonds. The topological polar surface area (TPSA) is 113 Å². The number of aryl methyl sites for hydroxylation is 2. The Bertz CT molecular complexity index is 1460. The molecule has 0 spiro atoms. The minimum Gasteiger partial charge on any atom is -0.366 e. The van der Waals surface area contributed by atoms with Gasteiger partial charge in [0.05, 0.1) is 22.8 Å². The van der Waals surface area contributed by atoms with Crippen molar-refractivity contribution in [2.24, 2.45) is 5.73 Å². The van der Waals surface area contributed by atoms with Crippen LogP contribution in [0.15, 0.2) is 42.7 Å². The molecule has 8 heteroatoms. The summed E-state index contributed by atoms with van der Waals surface area (Å²) in [6, 6.07) is 9.24. The van der Waals surface area contributed by atoms with Crippen LogP contribution in [0.1, 0.15) is 43.0 Å². The van der Waals surface area contributed by atoms with Crippen molar-refractivity contribution in [2.45, 2.75) is 13.8 Å². The molecule has 158 valence electrons. The third-order valence-electron chi connectivity index (χ3n) is 5.34. The van der Waals surface area contributed by atoms with Crippen molar-refractivity contribution in [1.29, 1.82) is 5.26 Å². The van der Waals surface area contributed by atoms with Gasteiger partial charge in [0.25, 0.3) is 5.91 Å².